The average Bonchev–Trinajstić information content (AvgIpc) is 2.88. The van der Waals surface area contributed by atoms with Crippen molar-refractivity contribution in [2.45, 2.75) is 26.4 Å². The first kappa shape index (κ1) is 14.7. The van der Waals surface area contributed by atoms with Crippen molar-refractivity contribution in [2.24, 2.45) is 5.92 Å². The Morgan fingerprint density at radius 1 is 1.35 bits per heavy atom. The van der Waals surface area contributed by atoms with Crippen LogP contribution in [0.5, 0.6) is 0 Å². The summed E-state index contributed by atoms with van der Waals surface area (Å²) >= 11 is 1.57. The molecule has 106 valence electrons. The molecule has 0 spiro atoms. The van der Waals surface area contributed by atoms with Crippen molar-refractivity contribution >= 4 is 17.3 Å². The van der Waals surface area contributed by atoms with Crippen LogP contribution in [0.15, 0.2) is 35.7 Å². The van der Waals surface area contributed by atoms with Gasteiger partial charge in [-0.2, -0.15) is 0 Å². The van der Waals surface area contributed by atoms with Crippen molar-refractivity contribution in [1.29, 1.82) is 0 Å². The lowest BCUT2D eigenvalue weighted by molar-refractivity contribution is -0.140. The lowest BCUT2D eigenvalue weighted by atomic mass is 10.1. The number of thiazole rings is 1. The van der Waals surface area contributed by atoms with Crippen LogP contribution in [0.25, 0.3) is 10.6 Å². The van der Waals surface area contributed by atoms with Crippen molar-refractivity contribution in [1.82, 2.24) is 10.3 Å². The normalized spacial score (nSPS) is 12.6. The van der Waals surface area contributed by atoms with E-state index in [0.29, 0.717) is 6.54 Å². The van der Waals surface area contributed by atoms with Crippen LogP contribution < -0.4 is 5.32 Å². The fourth-order valence-electron chi connectivity index (χ4n) is 1.92. The lowest BCUT2D eigenvalue weighted by Crippen LogP contribution is -2.40. The first-order chi connectivity index (χ1) is 9.58. The number of hydrogen-bond acceptors (Lipinski definition) is 4. The van der Waals surface area contributed by atoms with Gasteiger partial charge in [-0.1, -0.05) is 44.2 Å². The molecule has 2 N–H and O–H groups in total. The van der Waals surface area contributed by atoms with Crippen LogP contribution in [-0.4, -0.2) is 22.1 Å². The number of aliphatic carboxylic acids is 1. The van der Waals surface area contributed by atoms with Crippen molar-refractivity contribution in [3.63, 3.8) is 0 Å². The quantitative estimate of drug-likeness (QED) is 0.858. The molecule has 5 heteroatoms. The van der Waals surface area contributed by atoms with E-state index in [4.69, 9.17) is 5.11 Å². The average molecular weight is 290 g/mol. The van der Waals surface area contributed by atoms with Gasteiger partial charge in [0, 0.05) is 17.5 Å². The summed E-state index contributed by atoms with van der Waals surface area (Å²) in [6, 6.07) is 9.42. The van der Waals surface area contributed by atoms with Crippen molar-refractivity contribution in [3.05, 3.63) is 41.4 Å². The summed E-state index contributed by atoms with van der Waals surface area (Å²) in [5.41, 5.74) is 1.96. The van der Waals surface area contributed by atoms with E-state index in [1.807, 2.05) is 49.6 Å². The molecule has 1 aromatic carbocycles. The van der Waals surface area contributed by atoms with Gasteiger partial charge in [0.15, 0.2) is 0 Å². The van der Waals surface area contributed by atoms with Gasteiger partial charge in [-0.25, -0.2) is 4.98 Å². The molecule has 0 saturated carbocycles. The predicted octanol–water partition coefficient (Wildman–Crippen LogP) is 3.01. The number of rotatable bonds is 6. The topological polar surface area (TPSA) is 62.2 Å². The van der Waals surface area contributed by atoms with Crippen LogP contribution in [0.3, 0.4) is 0 Å². The van der Waals surface area contributed by atoms with Gasteiger partial charge in [-0.15, -0.1) is 11.3 Å². The molecule has 0 amide bonds. The number of nitrogens with zero attached hydrogens (tertiary/aromatic N) is 1. The highest BCUT2D eigenvalue weighted by Gasteiger charge is 2.20. The molecule has 0 aliphatic rings. The van der Waals surface area contributed by atoms with Crippen LogP contribution in [0.1, 0.15) is 19.5 Å². The van der Waals surface area contributed by atoms with Crippen LogP contribution in [0.2, 0.25) is 0 Å². The van der Waals surface area contributed by atoms with Gasteiger partial charge in [0.1, 0.15) is 11.0 Å². The minimum Gasteiger partial charge on any atom is -0.480 e. The summed E-state index contributed by atoms with van der Waals surface area (Å²) in [5, 5.41) is 15.1. The molecule has 0 aliphatic heterocycles. The Labute approximate surface area is 122 Å². The summed E-state index contributed by atoms with van der Waals surface area (Å²) < 4.78 is 0. The monoisotopic (exact) mass is 290 g/mol. The van der Waals surface area contributed by atoms with Crippen LogP contribution in [-0.2, 0) is 11.3 Å². The molecule has 0 radical (unpaired) electrons. The molecule has 20 heavy (non-hydrogen) atoms. The molecular formula is C15H18N2O2S. The van der Waals surface area contributed by atoms with Crippen molar-refractivity contribution in [3.8, 4) is 10.6 Å². The molecule has 1 unspecified atom stereocenters. The summed E-state index contributed by atoms with van der Waals surface area (Å²) in [6.45, 7) is 4.25. The number of aromatic nitrogens is 1. The van der Waals surface area contributed by atoms with E-state index in [2.05, 4.69) is 10.3 Å². The third kappa shape index (κ3) is 3.65. The van der Waals surface area contributed by atoms with E-state index in [9.17, 15) is 4.79 Å². The van der Waals surface area contributed by atoms with Crippen LogP contribution in [0, 0.1) is 5.92 Å². The maximum atomic E-state index is 11.1. The van der Waals surface area contributed by atoms with E-state index in [-0.39, 0.29) is 5.92 Å². The number of nitrogens with one attached hydrogen (secondary N) is 1. The van der Waals surface area contributed by atoms with E-state index in [1.54, 1.807) is 11.3 Å². The molecule has 4 nitrogen and oxygen atoms in total. The van der Waals surface area contributed by atoms with Crippen LogP contribution >= 0.6 is 11.3 Å². The van der Waals surface area contributed by atoms with E-state index < -0.39 is 12.0 Å². The summed E-state index contributed by atoms with van der Waals surface area (Å²) in [4.78, 5) is 15.6. The molecular weight excluding hydrogens is 272 g/mol. The smallest absolute Gasteiger partial charge is 0.320 e. The number of carboxylic acid groups (broad SMARTS) is 1. The number of benzene rings is 1. The molecule has 0 fully saturated rings. The Bertz CT molecular complexity index is 566. The molecule has 2 aromatic rings. The summed E-state index contributed by atoms with van der Waals surface area (Å²) in [7, 11) is 0. The SMILES string of the molecule is CC(C)C(NCc1csc(-c2ccccc2)n1)C(=O)O. The highest BCUT2D eigenvalue weighted by atomic mass is 32.1. The maximum Gasteiger partial charge on any atom is 0.320 e. The number of hydrogen-bond donors (Lipinski definition) is 2. The van der Waals surface area contributed by atoms with Gasteiger partial charge in [0.05, 0.1) is 5.69 Å². The molecule has 0 aliphatic carbocycles. The second-order valence-corrected chi connectivity index (χ2v) is 5.81. The first-order valence-electron chi connectivity index (χ1n) is 6.54. The molecule has 1 heterocycles. The third-order valence-corrected chi connectivity index (χ3v) is 3.95. The van der Waals surface area contributed by atoms with Gasteiger partial charge < -0.3 is 5.11 Å². The predicted molar refractivity (Wildman–Crippen MR) is 80.7 cm³/mol. The Kier molecular flexibility index (Phi) is 4.87. The fraction of sp³-hybridized carbons (Fsp3) is 0.333. The third-order valence-electron chi connectivity index (χ3n) is 3.01. The van der Waals surface area contributed by atoms with E-state index in [0.717, 1.165) is 16.3 Å². The zero-order chi connectivity index (χ0) is 14.5. The minimum atomic E-state index is -0.821. The second-order valence-electron chi connectivity index (χ2n) is 4.95. The Morgan fingerprint density at radius 3 is 2.65 bits per heavy atom. The van der Waals surface area contributed by atoms with Gasteiger partial charge in [-0.3, -0.25) is 10.1 Å². The van der Waals surface area contributed by atoms with Gasteiger partial charge in [0.2, 0.25) is 0 Å². The lowest BCUT2D eigenvalue weighted by Gasteiger charge is -2.16. The molecule has 0 bridgehead atoms. The zero-order valence-corrected chi connectivity index (χ0v) is 12.4. The highest BCUT2D eigenvalue weighted by Crippen LogP contribution is 2.23. The van der Waals surface area contributed by atoms with Crippen molar-refractivity contribution < 1.29 is 9.90 Å². The van der Waals surface area contributed by atoms with E-state index in [1.165, 1.54) is 0 Å². The number of carboxylic acids is 1. The number of carbonyl (C=O) groups is 1. The largest absolute Gasteiger partial charge is 0.480 e. The molecule has 2 rings (SSSR count). The maximum absolute atomic E-state index is 11.1. The van der Waals surface area contributed by atoms with Gasteiger partial charge in [0.25, 0.3) is 0 Å². The highest BCUT2D eigenvalue weighted by molar-refractivity contribution is 7.13. The Balaban J connectivity index is 2.02. The molecule has 1 atom stereocenters. The summed E-state index contributed by atoms with van der Waals surface area (Å²) in [5.74, 6) is -0.779. The van der Waals surface area contributed by atoms with Crippen LogP contribution in [0.4, 0.5) is 0 Å². The summed E-state index contributed by atoms with van der Waals surface area (Å²) in [6.07, 6.45) is 0. The van der Waals surface area contributed by atoms with Crippen molar-refractivity contribution in [2.75, 3.05) is 0 Å². The van der Waals surface area contributed by atoms with E-state index >= 15 is 0 Å². The standard InChI is InChI=1S/C15H18N2O2S/c1-10(2)13(15(18)19)16-8-12-9-20-14(17-12)11-6-4-3-5-7-11/h3-7,9-10,13,16H,8H2,1-2H3,(H,18,19). The Hall–Kier alpha value is -1.72. The molecule has 1 aromatic heterocycles. The molecule has 0 saturated heterocycles. The minimum absolute atomic E-state index is 0.0414. The second kappa shape index (κ2) is 6.63. The van der Waals surface area contributed by atoms with Gasteiger partial charge in [-0.05, 0) is 5.92 Å². The zero-order valence-electron chi connectivity index (χ0n) is 11.5. The first-order valence-corrected chi connectivity index (χ1v) is 7.42. The Morgan fingerprint density at radius 2 is 2.05 bits per heavy atom. The fourth-order valence-corrected chi connectivity index (χ4v) is 2.75. The van der Waals surface area contributed by atoms with Gasteiger partial charge >= 0.3 is 5.97 Å².